The van der Waals surface area contributed by atoms with Crippen LogP contribution < -0.4 is 5.32 Å². The maximum absolute atomic E-state index is 13.5. The molecule has 0 spiro atoms. The number of halogens is 2. The molecule has 0 saturated carbocycles. The molecule has 2 nitrogen and oxygen atoms in total. The Morgan fingerprint density at radius 3 is 2.95 bits per heavy atom. The third kappa shape index (κ3) is 3.06. The third-order valence-electron chi connectivity index (χ3n) is 3.95. The van der Waals surface area contributed by atoms with Crippen LogP contribution in [0.25, 0.3) is 0 Å². The number of Topliss-reactive ketones (excluding diaryl/α,β-unsaturated/α-hetero) is 1. The molecule has 1 unspecified atom stereocenters. The van der Waals surface area contributed by atoms with Gasteiger partial charge in [0.05, 0.1) is 4.47 Å². The molecule has 4 heteroatoms. The Kier molecular flexibility index (Phi) is 4.74. The van der Waals surface area contributed by atoms with Crippen molar-refractivity contribution in [2.24, 2.45) is 5.41 Å². The van der Waals surface area contributed by atoms with Crippen LogP contribution in [-0.4, -0.2) is 18.9 Å². The highest BCUT2D eigenvalue weighted by molar-refractivity contribution is 9.10. The number of carbonyl (C=O) groups excluding carboxylic acids is 1. The van der Waals surface area contributed by atoms with Gasteiger partial charge in [-0.25, -0.2) is 4.39 Å². The van der Waals surface area contributed by atoms with Gasteiger partial charge in [-0.1, -0.05) is 25.5 Å². The van der Waals surface area contributed by atoms with Crippen molar-refractivity contribution in [1.82, 2.24) is 5.32 Å². The monoisotopic (exact) mass is 327 g/mol. The fourth-order valence-electron chi connectivity index (χ4n) is 2.86. The quantitative estimate of drug-likeness (QED) is 0.897. The Morgan fingerprint density at radius 2 is 2.32 bits per heavy atom. The lowest BCUT2D eigenvalue weighted by Gasteiger charge is -2.26. The van der Waals surface area contributed by atoms with Gasteiger partial charge in [0, 0.05) is 18.4 Å². The molecular formula is C15H19BrFNO. The maximum Gasteiger partial charge on any atom is 0.144 e. The standard InChI is InChI=1S/C15H19BrFNO/c1-2-6-15(7-8-18-10-15)13(19)9-11-4-3-5-12(17)14(11)16/h3-5,18H,2,6-10H2,1H3. The van der Waals surface area contributed by atoms with Crippen LogP contribution in [0.2, 0.25) is 0 Å². The molecule has 1 heterocycles. The van der Waals surface area contributed by atoms with E-state index in [2.05, 4.69) is 28.2 Å². The highest BCUT2D eigenvalue weighted by Gasteiger charge is 2.39. The third-order valence-corrected chi connectivity index (χ3v) is 4.83. The molecule has 1 atom stereocenters. The van der Waals surface area contributed by atoms with E-state index in [0.717, 1.165) is 37.9 Å². The second-order valence-electron chi connectivity index (χ2n) is 5.27. The van der Waals surface area contributed by atoms with E-state index in [4.69, 9.17) is 0 Å². The molecule has 1 aromatic carbocycles. The summed E-state index contributed by atoms with van der Waals surface area (Å²) in [5.74, 6) is -0.0787. The van der Waals surface area contributed by atoms with Gasteiger partial charge in [-0.3, -0.25) is 4.79 Å². The highest BCUT2D eigenvalue weighted by atomic mass is 79.9. The van der Waals surface area contributed by atoms with Gasteiger partial charge in [-0.2, -0.15) is 0 Å². The number of hydrogen-bond acceptors (Lipinski definition) is 2. The summed E-state index contributed by atoms with van der Waals surface area (Å²) in [5, 5.41) is 3.28. The van der Waals surface area contributed by atoms with Crippen LogP contribution in [0.5, 0.6) is 0 Å². The fraction of sp³-hybridized carbons (Fsp3) is 0.533. The Balaban J connectivity index is 2.17. The normalized spacial score (nSPS) is 22.7. The lowest BCUT2D eigenvalue weighted by Crippen LogP contribution is -2.34. The summed E-state index contributed by atoms with van der Waals surface area (Å²) in [6.45, 7) is 3.76. The smallest absolute Gasteiger partial charge is 0.144 e. The van der Waals surface area contributed by atoms with Gasteiger partial charge in [0.2, 0.25) is 0 Å². The lowest BCUT2D eigenvalue weighted by atomic mass is 9.76. The molecule has 1 N–H and O–H groups in total. The first-order valence-electron chi connectivity index (χ1n) is 6.76. The molecule has 0 aliphatic carbocycles. The molecule has 1 aliphatic heterocycles. The molecule has 2 rings (SSSR count). The number of nitrogens with one attached hydrogen (secondary N) is 1. The van der Waals surface area contributed by atoms with E-state index < -0.39 is 0 Å². The Hall–Kier alpha value is -0.740. The summed E-state index contributed by atoms with van der Waals surface area (Å²) in [4.78, 5) is 12.6. The van der Waals surface area contributed by atoms with E-state index in [9.17, 15) is 9.18 Å². The molecule has 1 aliphatic rings. The molecule has 1 fully saturated rings. The van der Waals surface area contributed by atoms with Crippen molar-refractivity contribution in [2.45, 2.75) is 32.6 Å². The number of ketones is 1. The van der Waals surface area contributed by atoms with Crippen LogP contribution in [0.15, 0.2) is 22.7 Å². The van der Waals surface area contributed by atoms with Crippen molar-refractivity contribution in [2.75, 3.05) is 13.1 Å². The zero-order valence-electron chi connectivity index (χ0n) is 11.1. The Labute approximate surface area is 121 Å². The Morgan fingerprint density at radius 1 is 1.53 bits per heavy atom. The van der Waals surface area contributed by atoms with Gasteiger partial charge < -0.3 is 5.32 Å². The molecule has 1 saturated heterocycles. The van der Waals surface area contributed by atoms with E-state index >= 15 is 0 Å². The molecule has 0 aromatic heterocycles. The molecule has 0 amide bonds. The van der Waals surface area contributed by atoms with E-state index in [0.29, 0.717) is 10.9 Å². The van der Waals surface area contributed by atoms with Crippen molar-refractivity contribution in [1.29, 1.82) is 0 Å². The first kappa shape index (κ1) is 14.7. The minimum atomic E-state index is -0.306. The van der Waals surface area contributed by atoms with Crippen LogP contribution in [0.4, 0.5) is 4.39 Å². The molecule has 104 valence electrons. The SMILES string of the molecule is CCCC1(C(=O)Cc2cccc(F)c2Br)CCNC1. The van der Waals surface area contributed by atoms with E-state index in [1.165, 1.54) is 6.07 Å². The van der Waals surface area contributed by atoms with Crippen LogP contribution in [0.3, 0.4) is 0 Å². The van der Waals surface area contributed by atoms with E-state index in [-0.39, 0.29) is 17.0 Å². The Bertz CT molecular complexity index is 469. The predicted molar refractivity (Wildman–Crippen MR) is 77.6 cm³/mol. The highest BCUT2D eigenvalue weighted by Crippen LogP contribution is 2.34. The summed E-state index contributed by atoms with van der Waals surface area (Å²) >= 11 is 3.23. The fourth-order valence-corrected chi connectivity index (χ4v) is 3.26. The largest absolute Gasteiger partial charge is 0.316 e. The zero-order valence-corrected chi connectivity index (χ0v) is 12.7. The topological polar surface area (TPSA) is 29.1 Å². The van der Waals surface area contributed by atoms with Crippen molar-refractivity contribution in [3.8, 4) is 0 Å². The van der Waals surface area contributed by atoms with Gasteiger partial charge in [0.25, 0.3) is 0 Å². The maximum atomic E-state index is 13.5. The van der Waals surface area contributed by atoms with Crippen molar-refractivity contribution in [3.05, 3.63) is 34.1 Å². The minimum Gasteiger partial charge on any atom is -0.316 e. The van der Waals surface area contributed by atoms with Crippen LogP contribution in [-0.2, 0) is 11.2 Å². The molecule has 1 aromatic rings. The van der Waals surface area contributed by atoms with Gasteiger partial charge in [0.1, 0.15) is 11.6 Å². The van der Waals surface area contributed by atoms with Gasteiger partial charge >= 0.3 is 0 Å². The van der Waals surface area contributed by atoms with Crippen molar-refractivity contribution >= 4 is 21.7 Å². The van der Waals surface area contributed by atoms with Crippen molar-refractivity contribution < 1.29 is 9.18 Å². The summed E-state index contributed by atoms with van der Waals surface area (Å²) < 4.78 is 13.9. The molecule has 0 radical (unpaired) electrons. The van der Waals surface area contributed by atoms with E-state index in [1.807, 2.05) is 6.07 Å². The summed E-state index contributed by atoms with van der Waals surface area (Å²) in [6.07, 6.45) is 3.11. The number of rotatable bonds is 5. The average Bonchev–Trinajstić information content (AvgIpc) is 2.85. The zero-order chi connectivity index (χ0) is 13.9. The number of carbonyl (C=O) groups is 1. The molecule has 19 heavy (non-hydrogen) atoms. The molecule has 0 bridgehead atoms. The summed E-state index contributed by atoms with van der Waals surface area (Å²) in [7, 11) is 0. The first-order valence-corrected chi connectivity index (χ1v) is 7.55. The van der Waals surface area contributed by atoms with Crippen LogP contribution >= 0.6 is 15.9 Å². The minimum absolute atomic E-state index is 0.227. The van der Waals surface area contributed by atoms with Crippen LogP contribution in [0, 0.1) is 11.2 Å². The summed E-state index contributed by atoms with van der Waals surface area (Å²) in [6, 6.07) is 4.87. The summed E-state index contributed by atoms with van der Waals surface area (Å²) in [5.41, 5.74) is 0.493. The number of hydrogen-bond donors (Lipinski definition) is 1. The van der Waals surface area contributed by atoms with Crippen LogP contribution in [0.1, 0.15) is 31.7 Å². The van der Waals surface area contributed by atoms with Gasteiger partial charge in [0.15, 0.2) is 0 Å². The number of benzene rings is 1. The predicted octanol–water partition coefficient (Wildman–Crippen LogP) is 3.48. The second kappa shape index (κ2) is 6.14. The first-order chi connectivity index (χ1) is 9.09. The van der Waals surface area contributed by atoms with Gasteiger partial charge in [-0.05, 0) is 46.9 Å². The lowest BCUT2D eigenvalue weighted by molar-refractivity contribution is -0.127. The van der Waals surface area contributed by atoms with Gasteiger partial charge in [-0.15, -0.1) is 0 Å². The average molecular weight is 328 g/mol. The second-order valence-corrected chi connectivity index (χ2v) is 6.06. The molecular weight excluding hydrogens is 309 g/mol. The van der Waals surface area contributed by atoms with Crippen molar-refractivity contribution in [3.63, 3.8) is 0 Å². The van der Waals surface area contributed by atoms with E-state index in [1.54, 1.807) is 6.07 Å².